The molecule has 17 heavy (non-hydrogen) atoms. The van der Waals surface area contributed by atoms with E-state index in [4.69, 9.17) is 4.74 Å². The number of aromatic nitrogens is 1. The van der Waals surface area contributed by atoms with Gasteiger partial charge in [0.05, 0.1) is 13.2 Å². The molecule has 0 aromatic carbocycles. The molecule has 0 aliphatic carbocycles. The molecule has 3 nitrogen and oxygen atoms in total. The summed E-state index contributed by atoms with van der Waals surface area (Å²) in [5, 5.41) is 2.62. The zero-order valence-electron chi connectivity index (χ0n) is 8.72. The summed E-state index contributed by atoms with van der Waals surface area (Å²) in [4.78, 5) is 3.81. The van der Waals surface area contributed by atoms with E-state index in [9.17, 15) is 13.2 Å². The number of halogens is 4. The van der Waals surface area contributed by atoms with Crippen molar-refractivity contribution >= 4 is 15.9 Å². The third-order valence-corrected chi connectivity index (χ3v) is 3.07. The fraction of sp³-hybridized carbons (Fsp3) is 0.500. The molecule has 2 rings (SSSR count). The molecule has 1 aliphatic heterocycles. The second-order valence-corrected chi connectivity index (χ2v) is 4.53. The Balaban J connectivity index is 2.48. The van der Waals surface area contributed by atoms with Gasteiger partial charge in [-0.25, -0.2) is 18.2 Å². The molecule has 0 unspecified atom stereocenters. The quantitative estimate of drug-likeness (QED) is 0.849. The summed E-state index contributed by atoms with van der Waals surface area (Å²) in [5.41, 5.74) is -2.19. The summed E-state index contributed by atoms with van der Waals surface area (Å²) in [7, 11) is 0. The number of pyridine rings is 1. The number of hydrogen-bond donors (Lipinski definition) is 1. The minimum absolute atomic E-state index is 0.234. The van der Waals surface area contributed by atoms with E-state index in [1.165, 1.54) is 6.07 Å². The summed E-state index contributed by atoms with van der Waals surface area (Å²) in [6.45, 7) is 0.257. The molecule has 0 saturated carbocycles. The van der Waals surface area contributed by atoms with Crippen molar-refractivity contribution in [3.8, 4) is 0 Å². The van der Waals surface area contributed by atoms with E-state index in [1.807, 2.05) is 0 Å². The van der Waals surface area contributed by atoms with Gasteiger partial charge in [-0.15, -0.1) is 0 Å². The van der Waals surface area contributed by atoms with Crippen LogP contribution in [0.4, 0.5) is 13.2 Å². The Morgan fingerprint density at radius 3 is 2.82 bits per heavy atom. The summed E-state index contributed by atoms with van der Waals surface area (Å²) in [6, 6.07) is 2.47. The van der Waals surface area contributed by atoms with E-state index < -0.39 is 17.8 Å². The molecular weight excluding hydrogens is 301 g/mol. The Bertz CT molecular complexity index is 411. The fourth-order valence-corrected chi connectivity index (χ4v) is 2.07. The normalized spacial score (nSPS) is 25.2. The molecule has 7 heteroatoms. The van der Waals surface area contributed by atoms with Crippen molar-refractivity contribution in [3.05, 3.63) is 28.2 Å². The van der Waals surface area contributed by atoms with Gasteiger partial charge < -0.3 is 4.74 Å². The maximum atomic E-state index is 13.6. The number of alkyl halides is 2. The average Bonchev–Trinajstić information content (AvgIpc) is 2.33. The summed E-state index contributed by atoms with van der Waals surface area (Å²) in [6.07, 6.45) is -2.81. The Hall–Kier alpha value is -0.660. The van der Waals surface area contributed by atoms with E-state index in [1.54, 1.807) is 0 Å². The van der Waals surface area contributed by atoms with Crippen LogP contribution in [0.1, 0.15) is 5.69 Å². The van der Waals surface area contributed by atoms with Crippen LogP contribution in [0.5, 0.6) is 0 Å². The van der Waals surface area contributed by atoms with Crippen molar-refractivity contribution in [2.75, 3.05) is 19.8 Å². The highest BCUT2D eigenvalue weighted by Gasteiger charge is 2.46. The standard InChI is InChI=1S/C10H10BrF3N2O/c11-7-2-1-6(12)8(16-7)10(9(13)14)5-17-4-3-15-10/h1-2,9,15H,3-5H2/t10-/m0/s1. The SMILES string of the molecule is Fc1ccc(Br)nc1[C@]1(C(F)F)COCCN1. The maximum absolute atomic E-state index is 13.6. The first-order chi connectivity index (χ1) is 8.06. The predicted molar refractivity (Wildman–Crippen MR) is 58.4 cm³/mol. The topological polar surface area (TPSA) is 34.1 Å². The fourth-order valence-electron chi connectivity index (χ4n) is 1.76. The van der Waals surface area contributed by atoms with Gasteiger partial charge in [0.1, 0.15) is 21.7 Å². The van der Waals surface area contributed by atoms with Gasteiger partial charge in [0.15, 0.2) is 0 Å². The monoisotopic (exact) mass is 310 g/mol. The summed E-state index contributed by atoms with van der Waals surface area (Å²) in [5.74, 6) is -0.772. The minimum Gasteiger partial charge on any atom is -0.378 e. The van der Waals surface area contributed by atoms with Crippen molar-refractivity contribution in [1.29, 1.82) is 0 Å². The molecule has 0 spiro atoms. The van der Waals surface area contributed by atoms with E-state index in [0.29, 0.717) is 11.2 Å². The van der Waals surface area contributed by atoms with Gasteiger partial charge in [0.2, 0.25) is 0 Å². The van der Waals surface area contributed by atoms with Crippen LogP contribution >= 0.6 is 15.9 Å². The van der Waals surface area contributed by atoms with Crippen LogP contribution in [0.2, 0.25) is 0 Å². The van der Waals surface area contributed by atoms with Crippen LogP contribution in [-0.2, 0) is 10.3 Å². The average molecular weight is 311 g/mol. The van der Waals surface area contributed by atoms with Crippen LogP contribution in [0.3, 0.4) is 0 Å². The van der Waals surface area contributed by atoms with Crippen molar-refractivity contribution in [2.45, 2.75) is 12.0 Å². The van der Waals surface area contributed by atoms with E-state index in [-0.39, 0.29) is 18.8 Å². The molecule has 1 atom stereocenters. The van der Waals surface area contributed by atoms with Crippen LogP contribution in [0.25, 0.3) is 0 Å². The summed E-state index contributed by atoms with van der Waals surface area (Å²) < 4.78 is 45.4. The Morgan fingerprint density at radius 2 is 2.24 bits per heavy atom. The van der Waals surface area contributed by atoms with Crippen LogP contribution in [0, 0.1) is 5.82 Å². The lowest BCUT2D eigenvalue weighted by Crippen LogP contribution is -2.57. The van der Waals surface area contributed by atoms with Crippen LogP contribution in [-0.4, -0.2) is 31.2 Å². The zero-order chi connectivity index (χ0) is 12.5. The molecule has 0 bridgehead atoms. The molecule has 1 fully saturated rings. The molecule has 1 aliphatic rings. The molecule has 0 radical (unpaired) electrons. The first kappa shape index (κ1) is 12.8. The predicted octanol–water partition coefficient (Wildman–Crippen LogP) is 2.06. The maximum Gasteiger partial charge on any atom is 0.264 e. The lowest BCUT2D eigenvalue weighted by atomic mass is 9.94. The number of ether oxygens (including phenoxy) is 1. The van der Waals surface area contributed by atoms with Crippen molar-refractivity contribution in [1.82, 2.24) is 10.3 Å². The minimum atomic E-state index is -2.81. The number of morpholine rings is 1. The first-order valence-electron chi connectivity index (χ1n) is 5.00. The second kappa shape index (κ2) is 4.91. The molecular formula is C10H10BrF3N2O. The van der Waals surface area contributed by atoms with Gasteiger partial charge in [0.25, 0.3) is 6.43 Å². The highest BCUT2D eigenvalue weighted by molar-refractivity contribution is 9.10. The van der Waals surface area contributed by atoms with E-state index in [2.05, 4.69) is 26.2 Å². The number of hydrogen-bond acceptors (Lipinski definition) is 3. The Kier molecular flexibility index (Phi) is 3.70. The van der Waals surface area contributed by atoms with Gasteiger partial charge in [0, 0.05) is 6.54 Å². The van der Waals surface area contributed by atoms with Crippen molar-refractivity contribution in [3.63, 3.8) is 0 Å². The smallest absolute Gasteiger partial charge is 0.264 e. The van der Waals surface area contributed by atoms with Crippen LogP contribution in [0.15, 0.2) is 16.7 Å². The molecule has 94 valence electrons. The van der Waals surface area contributed by atoms with Gasteiger partial charge in [-0.1, -0.05) is 0 Å². The van der Waals surface area contributed by atoms with E-state index >= 15 is 0 Å². The number of nitrogens with one attached hydrogen (secondary N) is 1. The van der Waals surface area contributed by atoms with Gasteiger partial charge in [-0.2, -0.15) is 0 Å². The van der Waals surface area contributed by atoms with Gasteiger partial charge >= 0.3 is 0 Å². The molecule has 1 N–H and O–H groups in total. The van der Waals surface area contributed by atoms with Gasteiger partial charge in [-0.05, 0) is 28.1 Å². The molecule has 2 heterocycles. The second-order valence-electron chi connectivity index (χ2n) is 3.72. The molecule has 1 saturated heterocycles. The number of nitrogens with zero attached hydrogens (tertiary/aromatic N) is 1. The first-order valence-corrected chi connectivity index (χ1v) is 5.79. The van der Waals surface area contributed by atoms with Gasteiger partial charge in [-0.3, -0.25) is 5.32 Å². The Morgan fingerprint density at radius 1 is 1.47 bits per heavy atom. The zero-order valence-corrected chi connectivity index (χ0v) is 10.3. The third-order valence-electron chi connectivity index (χ3n) is 2.62. The lowest BCUT2D eigenvalue weighted by Gasteiger charge is -2.36. The van der Waals surface area contributed by atoms with Crippen molar-refractivity contribution in [2.24, 2.45) is 0 Å². The molecule has 1 aromatic heterocycles. The van der Waals surface area contributed by atoms with Crippen molar-refractivity contribution < 1.29 is 17.9 Å². The Labute approximate surface area is 104 Å². The largest absolute Gasteiger partial charge is 0.378 e. The van der Waals surface area contributed by atoms with E-state index in [0.717, 1.165) is 6.07 Å². The molecule has 0 amide bonds. The third kappa shape index (κ3) is 2.31. The molecule has 1 aromatic rings. The summed E-state index contributed by atoms with van der Waals surface area (Å²) >= 11 is 3.04. The lowest BCUT2D eigenvalue weighted by molar-refractivity contribution is -0.0659. The number of rotatable bonds is 2. The van der Waals surface area contributed by atoms with Crippen LogP contribution < -0.4 is 5.32 Å². The highest BCUT2D eigenvalue weighted by Crippen LogP contribution is 2.31. The highest BCUT2D eigenvalue weighted by atomic mass is 79.9.